The van der Waals surface area contributed by atoms with Gasteiger partial charge >= 0.3 is 0 Å². The van der Waals surface area contributed by atoms with Crippen molar-refractivity contribution in [1.29, 1.82) is 0 Å². The summed E-state index contributed by atoms with van der Waals surface area (Å²) < 4.78 is 0. The van der Waals surface area contributed by atoms with Gasteiger partial charge < -0.3 is 5.73 Å². The van der Waals surface area contributed by atoms with Gasteiger partial charge in [0, 0.05) is 12.1 Å². The lowest BCUT2D eigenvalue weighted by Gasteiger charge is -1.98. The predicted molar refractivity (Wildman–Crippen MR) is 48.2 cm³/mol. The molecule has 1 amide bonds. The van der Waals surface area contributed by atoms with Gasteiger partial charge in [-0.15, -0.1) is 0 Å². The fourth-order valence-corrected chi connectivity index (χ4v) is 0.923. The third-order valence-electron chi connectivity index (χ3n) is 1.55. The van der Waals surface area contributed by atoms with E-state index in [9.17, 15) is 4.79 Å². The zero-order chi connectivity index (χ0) is 8.97. The molecule has 0 spiro atoms. The number of hydrogen-bond acceptors (Lipinski definition) is 2. The molecule has 1 rings (SSSR count). The molecule has 0 atom stereocenters. The average molecular weight is 162 g/mol. The quantitative estimate of drug-likeness (QED) is 0.659. The van der Waals surface area contributed by atoms with Crippen LogP contribution in [0.15, 0.2) is 29.3 Å². The van der Waals surface area contributed by atoms with E-state index in [4.69, 9.17) is 5.73 Å². The van der Waals surface area contributed by atoms with Crippen LogP contribution in [0.4, 0.5) is 0 Å². The van der Waals surface area contributed by atoms with Crippen LogP contribution in [0.1, 0.15) is 15.9 Å². The first kappa shape index (κ1) is 8.62. The number of hydrogen-bond donors (Lipinski definition) is 1. The summed E-state index contributed by atoms with van der Waals surface area (Å²) in [7, 11) is 0. The summed E-state index contributed by atoms with van der Waals surface area (Å²) in [6.07, 6.45) is 0. The second-order valence-electron chi connectivity index (χ2n) is 2.37. The number of carbonyl (C=O) groups excluding carboxylic acids is 1. The monoisotopic (exact) mass is 162 g/mol. The van der Waals surface area contributed by atoms with E-state index in [1.54, 1.807) is 18.2 Å². The number of benzene rings is 1. The Bertz CT molecular complexity index is 307. The van der Waals surface area contributed by atoms with Crippen molar-refractivity contribution in [2.75, 3.05) is 0 Å². The molecule has 12 heavy (non-hydrogen) atoms. The van der Waals surface area contributed by atoms with Gasteiger partial charge in [-0.1, -0.05) is 12.1 Å². The Balaban J connectivity index is 3.01. The molecule has 0 bridgehead atoms. The lowest BCUT2D eigenvalue weighted by molar-refractivity contribution is 0.100. The van der Waals surface area contributed by atoms with Crippen LogP contribution in [0.5, 0.6) is 0 Å². The molecule has 1 aromatic rings. The Morgan fingerprint density at radius 1 is 1.58 bits per heavy atom. The van der Waals surface area contributed by atoms with Crippen LogP contribution in [0, 0.1) is 0 Å². The van der Waals surface area contributed by atoms with Gasteiger partial charge in [0.25, 0.3) is 5.91 Å². The smallest absolute Gasteiger partial charge is 0.276 e. The molecule has 2 N–H and O–H groups in total. The Labute approximate surface area is 70.9 Å². The van der Waals surface area contributed by atoms with Crippen LogP contribution in [-0.2, 0) is 6.54 Å². The minimum atomic E-state index is -0.315. The van der Waals surface area contributed by atoms with Crippen molar-refractivity contribution in [3.05, 3.63) is 35.4 Å². The van der Waals surface area contributed by atoms with Gasteiger partial charge in [0.05, 0.1) is 0 Å². The van der Waals surface area contributed by atoms with E-state index in [1.165, 1.54) is 0 Å². The van der Waals surface area contributed by atoms with Gasteiger partial charge in [0.2, 0.25) is 0 Å². The van der Waals surface area contributed by atoms with E-state index in [-0.39, 0.29) is 5.91 Å². The fourth-order valence-electron chi connectivity index (χ4n) is 0.923. The summed E-state index contributed by atoms with van der Waals surface area (Å²) in [4.78, 5) is 14.3. The minimum absolute atomic E-state index is 0.315. The molecule has 1 aromatic carbocycles. The van der Waals surface area contributed by atoms with Crippen LogP contribution in [0.25, 0.3) is 0 Å². The van der Waals surface area contributed by atoms with Crippen LogP contribution >= 0.6 is 0 Å². The first-order chi connectivity index (χ1) is 5.77. The molecule has 0 heterocycles. The highest BCUT2D eigenvalue weighted by Crippen LogP contribution is 2.05. The predicted octanol–water partition coefficient (Wildman–Crippen LogP) is 0.986. The molecule has 0 saturated heterocycles. The zero-order valence-electron chi connectivity index (χ0n) is 6.66. The van der Waals surface area contributed by atoms with Gasteiger partial charge in [0.1, 0.15) is 0 Å². The number of aliphatic imine (C=N–C) groups is 1. The maximum absolute atomic E-state index is 11.0. The van der Waals surface area contributed by atoms with Crippen molar-refractivity contribution >= 4 is 12.6 Å². The molecule has 3 nitrogen and oxygen atoms in total. The Morgan fingerprint density at radius 3 is 2.92 bits per heavy atom. The summed E-state index contributed by atoms with van der Waals surface area (Å²) >= 11 is 0. The van der Waals surface area contributed by atoms with Crippen LogP contribution < -0.4 is 5.73 Å². The third-order valence-corrected chi connectivity index (χ3v) is 1.55. The van der Waals surface area contributed by atoms with Crippen molar-refractivity contribution in [3.63, 3.8) is 0 Å². The van der Waals surface area contributed by atoms with Gasteiger partial charge in [0.15, 0.2) is 0 Å². The van der Waals surface area contributed by atoms with E-state index >= 15 is 0 Å². The molecule has 0 unspecified atom stereocenters. The summed E-state index contributed by atoms with van der Waals surface area (Å²) in [6, 6.07) is 7.05. The molecule has 62 valence electrons. The highest BCUT2D eigenvalue weighted by atomic mass is 16.1. The standard InChI is InChI=1S/C9H10N2O/c1-11-9(12)8-4-2-3-7(5-8)6-10/h2-5H,1,6,10H2. The fraction of sp³-hybridized carbons (Fsp3) is 0.111. The molecule has 0 aliphatic rings. The van der Waals surface area contributed by atoms with Gasteiger partial charge in [-0.25, -0.2) is 4.99 Å². The zero-order valence-corrected chi connectivity index (χ0v) is 6.66. The minimum Gasteiger partial charge on any atom is -0.326 e. The van der Waals surface area contributed by atoms with E-state index < -0.39 is 0 Å². The molecule has 3 heteroatoms. The summed E-state index contributed by atoms with van der Waals surface area (Å²) in [5.74, 6) is -0.315. The molecule has 0 aliphatic heterocycles. The SMILES string of the molecule is C=NC(=O)c1cccc(CN)c1. The Morgan fingerprint density at radius 2 is 2.33 bits per heavy atom. The molecule has 0 saturated carbocycles. The highest BCUT2D eigenvalue weighted by Gasteiger charge is 2.01. The van der Waals surface area contributed by atoms with Crippen LogP contribution in [0.2, 0.25) is 0 Å². The van der Waals surface area contributed by atoms with Crippen LogP contribution in [0.3, 0.4) is 0 Å². The topological polar surface area (TPSA) is 55.5 Å². The molecule has 0 aromatic heterocycles. The van der Waals surface area contributed by atoms with Gasteiger partial charge in [-0.05, 0) is 24.4 Å². The van der Waals surface area contributed by atoms with E-state index in [2.05, 4.69) is 11.7 Å². The third kappa shape index (κ3) is 1.77. The van der Waals surface area contributed by atoms with E-state index in [0.717, 1.165) is 5.56 Å². The first-order valence-corrected chi connectivity index (χ1v) is 3.58. The van der Waals surface area contributed by atoms with Crippen molar-refractivity contribution in [1.82, 2.24) is 0 Å². The van der Waals surface area contributed by atoms with Crippen molar-refractivity contribution in [2.24, 2.45) is 10.7 Å². The van der Waals surface area contributed by atoms with Crippen molar-refractivity contribution in [2.45, 2.75) is 6.54 Å². The molecule has 0 aliphatic carbocycles. The van der Waals surface area contributed by atoms with Crippen molar-refractivity contribution < 1.29 is 4.79 Å². The number of nitrogens with two attached hydrogens (primary N) is 1. The van der Waals surface area contributed by atoms with E-state index in [0.29, 0.717) is 12.1 Å². The Kier molecular flexibility index (Phi) is 2.71. The maximum atomic E-state index is 11.0. The van der Waals surface area contributed by atoms with Gasteiger partial charge in [-0.3, -0.25) is 4.79 Å². The first-order valence-electron chi connectivity index (χ1n) is 3.58. The lowest BCUT2D eigenvalue weighted by Crippen LogP contribution is -1.99. The molecule has 0 radical (unpaired) electrons. The molecular weight excluding hydrogens is 152 g/mol. The second-order valence-corrected chi connectivity index (χ2v) is 2.37. The summed E-state index contributed by atoms with van der Waals surface area (Å²) in [5.41, 5.74) is 6.86. The number of carbonyl (C=O) groups is 1. The van der Waals surface area contributed by atoms with Crippen molar-refractivity contribution in [3.8, 4) is 0 Å². The normalized spacial score (nSPS) is 9.42. The number of amides is 1. The lowest BCUT2D eigenvalue weighted by atomic mass is 10.1. The highest BCUT2D eigenvalue weighted by molar-refractivity contribution is 5.97. The van der Waals surface area contributed by atoms with Crippen LogP contribution in [-0.4, -0.2) is 12.6 Å². The largest absolute Gasteiger partial charge is 0.326 e. The van der Waals surface area contributed by atoms with Gasteiger partial charge in [-0.2, -0.15) is 0 Å². The summed E-state index contributed by atoms with van der Waals surface area (Å²) in [6.45, 7) is 3.59. The average Bonchev–Trinajstić information content (AvgIpc) is 2.17. The molecular formula is C9H10N2O. The Hall–Kier alpha value is -1.48. The summed E-state index contributed by atoms with van der Waals surface area (Å²) in [5, 5.41) is 0. The number of rotatable bonds is 2. The molecule has 0 fully saturated rings. The van der Waals surface area contributed by atoms with E-state index in [1.807, 2.05) is 6.07 Å². The number of nitrogens with zero attached hydrogens (tertiary/aromatic N) is 1. The maximum Gasteiger partial charge on any atom is 0.276 e. The second kappa shape index (κ2) is 3.78.